The Balaban J connectivity index is 1.95. The van der Waals surface area contributed by atoms with Crippen LogP contribution in [-0.4, -0.2) is 68.1 Å². The molecule has 1 aliphatic rings. The van der Waals surface area contributed by atoms with Gasteiger partial charge in [-0.25, -0.2) is 0 Å². The Hall–Kier alpha value is -1.44. The van der Waals surface area contributed by atoms with E-state index in [-0.39, 0.29) is 5.91 Å². The van der Waals surface area contributed by atoms with Crippen molar-refractivity contribution in [2.75, 3.05) is 40.3 Å². The Morgan fingerprint density at radius 3 is 2.27 bits per heavy atom. The van der Waals surface area contributed by atoms with Crippen LogP contribution in [0.3, 0.4) is 0 Å². The number of hydrogen-bond donors (Lipinski definition) is 0. The highest BCUT2D eigenvalue weighted by molar-refractivity contribution is 7.86. The fraction of sp³-hybridized carbons (Fsp3) is 0.533. The van der Waals surface area contributed by atoms with E-state index in [0.29, 0.717) is 32.6 Å². The summed E-state index contributed by atoms with van der Waals surface area (Å²) >= 11 is 0. The molecular weight excluding hydrogens is 302 g/mol. The lowest BCUT2D eigenvalue weighted by atomic mass is 10.1. The average Bonchev–Trinajstić information content (AvgIpc) is 2.49. The number of carbonyl (C=O) groups excluding carboxylic acids is 1. The SMILES string of the molecule is Cc1ccccc1CC(=O)N1CCN(S(=O)(=O)N(C)C)CC1. The number of carbonyl (C=O) groups is 1. The average molecular weight is 325 g/mol. The second-order valence-corrected chi connectivity index (χ2v) is 7.82. The molecule has 2 rings (SSSR count). The zero-order valence-corrected chi connectivity index (χ0v) is 14.1. The Morgan fingerprint density at radius 1 is 1.14 bits per heavy atom. The van der Waals surface area contributed by atoms with Crippen LogP contribution in [0.4, 0.5) is 0 Å². The molecule has 0 N–H and O–H groups in total. The predicted octanol–water partition coefficient (Wildman–Crippen LogP) is 0.488. The molecule has 0 aliphatic carbocycles. The van der Waals surface area contributed by atoms with E-state index in [9.17, 15) is 13.2 Å². The fourth-order valence-electron chi connectivity index (χ4n) is 2.48. The number of benzene rings is 1. The maximum absolute atomic E-state index is 12.4. The van der Waals surface area contributed by atoms with Gasteiger partial charge in [-0.05, 0) is 18.1 Å². The van der Waals surface area contributed by atoms with Crippen molar-refractivity contribution in [3.8, 4) is 0 Å². The summed E-state index contributed by atoms with van der Waals surface area (Å²) in [5, 5.41) is 0. The number of hydrogen-bond acceptors (Lipinski definition) is 3. The third kappa shape index (κ3) is 3.66. The molecule has 1 saturated heterocycles. The monoisotopic (exact) mass is 325 g/mol. The molecule has 1 aliphatic heterocycles. The van der Waals surface area contributed by atoms with Gasteiger partial charge in [0.2, 0.25) is 5.91 Å². The third-order valence-corrected chi connectivity index (χ3v) is 5.92. The molecule has 1 aromatic carbocycles. The molecule has 0 spiro atoms. The summed E-state index contributed by atoms with van der Waals surface area (Å²) in [5.74, 6) is 0.0520. The van der Waals surface area contributed by atoms with Gasteiger partial charge in [-0.15, -0.1) is 0 Å². The quantitative estimate of drug-likeness (QED) is 0.809. The smallest absolute Gasteiger partial charge is 0.281 e. The van der Waals surface area contributed by atoms with E-state index in [4.69, 9.17) is 0 Å². The Kier molecular flexibility index (Phi) is 5.20. The molecular formula is C15H23N3O3S. The van der Waals surface area contributed by atoms with Gasteiger partial charge in [-0.3, -0.25) is 4.79 Å². The second-order valence-electron chi connectivity index (χ2n) is 5.67. The first-order valence-electron chi connectivity index (χ1n) is 7.32. The lowest BCUT2D eigenvalue weighted by molar-refractivity contribution is -0.131. The Morgan fingerprint density at radius 2 is 1.73 bits per heavy atom. The van der Waals surface area contributed by atoms with Crippen molar-refractivity contribution in [1.82, 2.24) is 13.5 Å². The highest BCUT2D eigenvalue weighted by Gasteiger charge is 2.30. The second kappa shape index (κ2) is 6.76. The molecule has 122 valence electrons. The first-order valence-corrected chi connectivity index (χ1v) is 8.72. The summed E-state index contributed by atoms with van der Waals surface area (Å²) in [6.45, 7) is 3.57. The topological polar surface area (TPSA) is 60.9 Å². The lowest BCUT2D eigenvalue weighted by Gasteiger charge is -2.35. The molecule has 0 aromatic heterocycles. The van der Waals surface area contributed by atoms with Crippen molar-refractivity contribution in [2.45, 2.75) is 13.3 Å². The van der Waals surface area contributed by atoms with E-state index in [0.717, 1.165) is 11.1 Å². The molecule has 1 heterocycles. The zero-order valence-electron chi connectivity index (χ0n) is 13.3. The minimum absolute atomic E-state index is 0.0520. The molecule has 7 heteroatoms. The number of aryl methyl sites for hydroxylation is 1. The van der Waals surface area contributed by atoms with Crippen molar-refractivity contribution < 1.29 is 13.2 Å². The van der Waals surface area contributed by atoms with Gasteiger partial charge in [0.05, 0.1) is 6.42 Å². The molecule has 1 amide bonds. The van der Waals surface area contributed by atoms with Crippen LogP contribution in [0.1, 0.15) is 11.1 Å². The first kappa shape index (κ1) is 16.9. The largest absolute Gasteiger partial charge is 0.340 e. The minimum atomic E-state index is -3.39. The summed E-state index contributed by atoms with van der Waals surface area (Å²) < 4.78 is 26.7. The summed E-state index contributed by atoms with van der Waals surface area (Å²) in [6.07, 6.45) is 0.368. The number of amides is 1. The van der Waals surface area contributed by atoms with Crippen LogP contribution in [0.15, 0.2) is 24.3 Å². The summed E-state index contributed by atoms with van der Waals surface area (Å²) in [6, 6.07) is 7.83. The van der Waals surface area contributed by atoms with Crippen molar-refractivity contribution >= 4 is 16.1 Å². The van der Waals surface area contributed by atoms with Crippen LogP contribution in [-0.2, 0) is 21.4 Å². The Bertz CT molecular complexity index is 635. The molecule has 0 radical (unpaired) electrons. The molecule has 1 aromatic rings. The number of rotatable bonds is 4. The molecule has 0 unspecified atom stereocenters. The molecule has 6 nitrogen and oxygen atoms in total. The minimum Gasteiger partial charge on any atom is -0.340 e. The highest BCUT2D eigenvalue weighted by atomic mass is 32.2. The van der Waals surface area contributed by atoms with E-state index in [1.165, 1.54) is 22.7 Å². The standard InChI is InChI=1S/C15H23N3O3S/c1-13-6-4-5-7-14(13)12-15(19)17-8-10-18(11-9-17)22(20,21)16(2)3/h4-7H,8-12H2,1-3H3. The Labute approximate surface area is 132 Å². The number of piperazine rings is 1. The maximum atomic E-state index is 12.4. The zero-order chi connectivity index (χ0) is 16.3. The van der Waals surface area contributed by atoms with Crippen LogP contribution in [0.2, 0.25) is 0 Å². The van der Waals surface area contributed by atoms with Crippen LogP contribution >= 0.6 is 0 Å². The van der Waals surface area contributed by atoms with E-state index in [1.54, 1.807) is 4.90 Å². The van der Waals surface area contributed by atoms with Gasteiger partial charge in [-0.2, -0.15) is 17.0 Å². The van der Waals surface area contributed by atoms with Gasteiger partial charge >= 0.3 is 0 Å². The fourth-order valence-corrected chi connectivity index (χ4v) is 3.57. The van der Waals surface area contributed by atoms with E-state index >= 15 is 0 Å². The van der Waals surface area contributed by atoms with Crippen LogP contribution in [0.25, 0.3) is 0 Å². The van der Waals surface area contributed by atoms with Gasteiger partial charge in [0.25, 0.3) is 10.2 Å². The summed E-state index contributed by atoms with van der Waals surface area (Å²) in [7, 11) is -0.348. The third-order valence-electron chi connectivity index (χ3n) is 3.98. The van der Waals surface area contributed by atoms with Gasteiger partial charge < -0.3 is 4.90 Å². The van der Waals surface area contributed by atoms with Gasteiger partial charge in [0.15, 0.2) is 0 Å². The molecule has 0 atom stereocenters. The van der Waals surface area contributed by atoms with Crippen molar-refractivity contribution in [2.24, 2.45) is 0 Å². The van der Waals surface area contributed by atoms with Crippen LogP contribution < -0.4 is 0 Å². The van der Waals surface area contributed by atoms with Gasteiger partial charge in [0.1, 0.15) is 0 Å². The predicted molar refractivity (Wildman–Crippen MR) is 85.6 cm³/mol. The van der Waals surface area contributed by atoms with E-state index < -0.39 is 10.2 Å². The maximum Gasteiger partial charge on any atom is 0.281 e. The molecule has 0 bridgehead atoms. The van der Waals surface area contributed by atoms with E-state index in [2.05, 4.69) is 0 Å². The van der Waals surface area contributed by atoms with Gasteiger partial charge in [-0.1, -0.05) is 24.3 Å². The highest BCUT2D eigenvalue weighted by Crippen LogP contribution is 2.13. The lowest BCUT2D eigenvalue weighted by Crippen LogP contribution is -2.53. The van der Waals surface area contributed by atoms with Crippen molar-refractivity contribution in [1.29, 1.82) is 0 Å². The van der Waals surface area contributed by atoms with E-state index in [1.807, 2.05) is 31.2 Å². The molecule has 0 saturated carbocycles. The molecule has 1 fully saturated rings. The number of nitrogens with zero attached hydrogens (tertiary/aromatic N) is 3. The summed E-state index contributed by atoms with van der Waals surface area (Å²) in [5.41, 5.74) is 2.13. The van der Waals surface area contributed by atoms with Crippen LogP contribution in [0, 0.1) is 6.92 Å². The van der Waals surface area contributed by atoms with Crippen molar-refractivity contribution in [3.63, 3.8) is 0 Å². The summed E-state index contributed by atoms with van der Waals surface area (Å²) in [4.78, 5) is 14.1. The first-order chi connectivity index (χ1) is 10.3. The van der Waals surface area contributed by atoms with Crippen LogP contribution in [0.5, 0.6) is 0 Å². The molecule has 22 heavy (non-hydrogen) atoms. The van der Waals surface area contributed by atoms with Crippen molar-refractivity contribution in [3.05, 3.63) is 35.4 Å². The van der Waals surface area contributed by atoms with Gasteiger partial charge in [0, 0.05) is 40.3 Å². The normalized spacial score (nSPS) is 17.0.